The van der Waals surface area contributed by atoms with Crippen LogP contribution in [0.5, 0.6) is 5.75 Å². The van der Waals surface area contributed by atoms with Gasteiger partial charge in [0.2, 0.25) is 5.82 Å². The monoisotopic (exact) mass is 400 g/mol. The minimum atomic E-state index is -0.996. The molecule has 0 aliphatic heterocycles. The molecule has 3 aromatic carbocycles. The van der Waals surface area contributed by atoms with E-state index in [-0.39, 0.29) is 23.7 Å². The Morgan fingerprint density at radius 1 is 0.897 bits per heavy atom. The summed E-state index contributed by atoms with van der Waals surface area (Å²) in [7, 11) is 0. The fraction of sp³-hybridized carbons (Fsp3) is 0.250. The molecule has 5 heteroatoms. The molecule has 0 fully saturated rings. The van der Waals surface area contributed by atoms with Gasteiger partial charge in [0.05, 0.1) is 12.7 Å². The summed E-state index contributed by atoms with van der Waals surface area (Å²) in [5, 5.41) is 9.52. The first-order valence-corrected chi connectivity index (χ1v) is 9.57. The number of rotatable bonds is 7. The molecule has 0 radical (unpaired) electrons. The minimum absolute atomic E-state index is 0.103. The second kappa shape index (κ2) is 9.14. The van der Waals surface area contributed by atoms with Gasteiger partial charge < -0.3 is 9.84 Å². The Balaban J connectivity index is 1.72. The summed E-state index contributed by atoms with van der Waals surface area (Å²) in [6.45, 7) is 3.55. The van der Waals surface area contributed by atoms with Gasteiger partial charge in [-0.05, 0) is 67.1 Å². The average molecular weight is 400 g/mol. The highest BCUT2D eigenvalue weighted by Gasteiger charge is 2.15. The Hall–Kier alpha value is -2.79. The van der Waals surface area contributed by atoms with Crippen LogP contribution in [0.2, 0.25) is 0 Å². The van der Waals surface area contributed by atoms with Crippen LogP contribution in [0.4, 0.5) is 13.2 Å². The Morgan fingerprint density at radius 2 is 1.62 bits per heavy atom. The van der Waals surface area contributed by atoms with Crippen LogP contribution in [-0.2, 0) is 12.8 Å². The van der Waals surface area contributed by atoms with E-state index >= 15 is 0 Å². The maximum Gasteiger partial charge on any atom is 0.201 e. The van der Waals surface area contributed by atoms with Crippen molar-refractivity contribution in [2.75, 3.05) is 6.61 Å². The van der Waals surface area contributed by atoms with Crippen LogP contribution in [-0.4, -0.2) is 11.7 Å². The molecule has 0 spiro atoms. The quantitative estimate of drug-likeness (QED) is 0.526. The molecule has 0 heterocycles. The molecule has 29 heavy (non-hydrogen) atoms. The van der Waals surface area contributed by atoms with Gasteiger partial charge in [0.1, 0.15) is 5.82 Å². The van der Waals surface area contributed by atoms with Crippen LogP contribution in [0, 0.1) is 17.5 Å². The average Bonchev–Trinajstić information content (AvgIpc) is 2.71. The van der Waals surface area contributed by atoms with E-state index in [1.54, 1.807) is 38.1 Å². The molecule has 0 aromatic heterocycles. The third kappa shape index (κ3) is 4.80. The lowest BCUT2D eigenvalue weighted by molar-refractivity contribution is 0.199. The van der Waals surface area contributed by atoms with Crippen LogP contribution in [0.1, 0.15) is 36.6 Å². The van der Waals surface area contributed by atoms with Crippen molar-refractivity contribution in [3.63, 3.8) is 0 Å². The van der Waals surface area contributed by atoms with Crippen LogP contribution in [0.15, 0.2) is 54.6 Å². The number of halogens is 3. The summed E-state index contributed by atoms with van der Waals surface area (Å²) in [4.78, 5) is 0. The Bertz CT molecular complexity index is 982. The summed E-state index contributed by atoms with van der Waals surface area (Å²) < 4.78 is 47.7. The topological polar surface area (TPSA) is 29.5 Å². The Labute approximate surface area is 168 Å². The zero-order valence-electron chi connectivity index (χ0n) is 16.4. The number of aliphatic hydroxyl groups is 1. The van der Waals surface area contributed by atoms with Crippen molar-refractivity contribution in [2.24, 2.45) is 0 Å². The van der Waals surface area contributed by atoms with Gasteiger partial charge in [0.25, 0.3) is 0 Å². The third-order valence-corrected chi connectivity index (χ3v) is 4.85. The summed E-state index contributed by atoms with van der Waals surface area (Å²) in [5.41, 5.74) is 2.79. The van der Waals surface area contributed by atoms with E-state index in [1.807, 2.05) is 12.1 Å². The van der Waals surface area contributed by atoms with E-state index in [2.05, 4.69) is 0 Å². The summed E-state index contributed by atoms with van der Waals surface area (Å²) in [6.07, 6.45) is 0.391. The Morgan fingerprint density at radius 3 is 2.24 bits per heavy atom. The van der Waals surface area contributed by atoms with Gasteiger partial charge in [-0.15, -0.1) is 0 Å². The molecule has 0 amide bonds. The van der Waals surface area contributed by atoms with Crippen molar-refractivity contribution in [2.45, 2.75) is 32.8 Å². The first kappa shape index (κ1) is 20.9. The molecule has 0 saturated carbocycles. The predicted octanol–water partition coefficient (Wildman–Crippen LogP) is 6.01. The number of ether oxygens (including phenoxy) is 1. The van der Waals surface area contributed by atoms with Gasteiger partial charge in [-0.25, -0.2) is 8.78 Å². The predicted molar refractivity (Wildman–Crippen MR) is 107 cm³/mol. The van der Waals surface area contributed by atoms with Crippen LogP contribution >= 0.6 is 0 Å². The van der Waals surface area contributed by atoms with Crippen LogP contribution in [0.3, 0.4) is 0 Å². The van der Waals surface area contributed by atoms with Gasteiger partial charge in [-0.3, -0.25) is 0 Å². The Kier molecular flexibility index (Phi) is 6.60. The molecule has 0 bridgehead atoms. The summed E-state index contributed by atoms with van der Waals surface area (Å²) in [5.74, 6) is -2.38. The van der Waals surface area contributed by atoms with Crippen molar-refractivity contribution in [1.29, 1.82) is 0 Å². The second-order valence-corrected chi connectivity index (χ2v) is 6.90. The maximum absolute atomic E-state index is 14.4. The molecule has 0 aliphatic rings. The highest BCUT2D eigenvalue weighted by atomic mass is 19.2. The van der Waals surface area contributed by atoms with Crippen molar-refractivity contribution >= 4 is 0 Å². The van der Waals surface area contributed by atoms with Crippen LogP contribution in [0.25, 0.3) is 11.1 Å². The molecule has 1 unspecified atom stereocenters. The van der Waals surface area contributed by atoms with E-state index in [4.69, 9.17) is 4.74 Å². The summed E-state index contributed by atoms with van der Waals surface area (Å²) >= 11 is 0. The van der Waals surface area contributed by atoms with Gasteiger partial charge >= 0.3 is 0 Å². The highest BCUT2D eigenvalue weighted by molar-refractivity contribution is 5.65. The molecule has 2 nitrogen and oxygen atoms in total. The second-order valence-electron chi connectivity index (χ2n) is 6.90. The number of benzene rings is 3. The van der Waals surface area contributed by atoms with E-state index in [0.29, 0.717) is 29.5 Å². The minimum Gasteiger partial charge on any atom is -0.491 e. The molecular weight excluding hydrogens is 377 g/mol. The maximum atomic E-state index is 14.4. The molecule has 1 atom stereocenters. The zero-order valence-corrected chi connectivity index (χ0v) is 16.4. The van der Waals surface area contributed by atoms with Crippen molar-refractivity contribution < 1.29 is 23.0 Å². The van der Waals surface area contributed by atoms with Crippen LogP contribution < -0.4 is 4.74 Å². The smallest absolute Gasteiger partial charge is 0.201 e. The van der Waals surface area contributed by atoms with Crippen molar-refractivity contribution in [3.8, 4) is 16.9 Å². The lowest BCUT2D eigenvalue weighted by atomic mass is 9.98. The highest BCUT2D eigenvalue weighted by Crippen LogP contribution is 2.30. The summed E-state index contributed by atoms with van der Waals surface area (Å²) in [6, 6.07) is 14.8. The van der Waals surface area contributed by atoms with E-state index < -0.39 is 17.7 Å². The number of hydrogen-bond donors (Lipinski definition) is 1. The largest absolute Gasteiger partial charge is 0.491 e. The number of aryl methyl sites for hydroxylation is 2. The van der Waals surface area contributed by atoms with Gasteiger partial charge in [0, 0.05) is 5.56 Å². The molecule has 1 N–H and O–H groups in total. The normalized spacial score (nSPS) is 12.1. The number of hydrogen-bond acceptors (Lipinski definition) is 2. The molecule has 3 rings (SSSR count). The van der Waals surface area contributed by atoms with Gasteiger partial charge in [-0.1, -0.05) is 36.4 Å². The zero-order chi connectivity index (χ0) is 21.0. The van der Waals surface area contributed by atoms with Crippen molar-refractivity contribution in [3.05, 3.63) is 88.7 Å². The van der Waals surface area contributed by atoms with E-state index in [0.717, 1.165) is 5.56 Å². The third-order valence-electron chi connectivity index (χ3n) is 4.85. The first-order chi connectivity index (χ1) is 13.9. The number of aliphatic hydroxyl groups excluding tert-OH is 1. The molecule has 0 saturated heterocycles. The fourth-order valence-corrected chi connectivity index (χ4v) is 3.18. The lowest BCUT2D eigenvalue weighted by Crippen LogP contribution is -1.99. The van der Waals surface area contributed by atoms with E-state index in [1.165, 1.54) is 18.2 Å². The van der Waals surface area contributed by atoms with E-state index in [9.17, 15) is 18.3 Å². The fourth-order valence-electron chi connectivity index (χ4n) is 3.18. The SMILES string of the molecule is CCOc1ccc(-c2ccc(CCc3ccc(C(C)O)cc3F)cc2)c(F)c1F. The van der Waals surface area contributed by atoms with Gasteiger partial charge in [0.15, 0.2) is 11.6 Å². The molecule has 3 aromatic rings. The van der Waals surface area contributed by atoms with Crippen molar-refractivity contribution in [1.82, 2.24) is 0 Å². The molecule has 152 valence electrons. The molecule has 0 aliphatic carbocycles. The lowest BCUT2D eigenvalue weighted by Gasteiger charge is -2.10. The standard InChI is InChI=1S/C24H23F3O2/c1-3-29-22-13-12-20(23(26)24(22)27)17-7-4-16(5-8-17)6-9-18-10-11-19(15(2)28)14-21(18)25/h4-5,7-8,10-15,28H,3,6,9H2,1-2H3. The molecular formula is C24H23F3O2. The van der Waals surface area contributed by atoms with Gasteiger partial charge in [-0.2, -0.15) is 4.39 Å². The first-order valence-electron chi connectivity index (χ1n) is 9.57.